The largest absolute Gasteiger partial charge is 0.494 e. The molecule has 0 saturated carbocycles. The Hall–Kier alpha value is -2.52. The minimum atomic E-state index is 0.430. The van der Waals surface area contributed by atoms with Crippen LogP contribution in [0.1, 0.15) is 12.5 Å². The highest BCUT2D eigenvalue weighted by atomic mass is 35.5. The molecule has 3 nitrogen and oxygen atoms in total. The van der Waals surface area contributed by atoms with E-state index in [1.807, 2.05) is 67.6 Å². The number of aromatic nitrogens is 1. The first-order valence-electron chi connectivity index (χ1n) is 7.83. The molecule has 0 atom stereocenters. The zero-order chi connectivity index (χ0) is 16.8. The van der Waals surface area contributed by atoms with Crippen LogP contribution in [0.3, 0.4) is 0 Å². The molecule has 0 aliphatic rings. The molecule has 2 aromatic carbocycles. The van der Waals surface area contributed by atoms with Crippen molar-refractivity contribution in [3.05, 3.63) is 77.4 Å². The molecular weight excluding hydrogens is 322 g/mol. The molecule has 1 aromatic heterocycles. The van der Waals surface area contributed by atoms with Crippen LogP contribution in [0.5, 0.6) is 11.5 Å². The molecule has 0 saturated heterocycles. The van der Waals surface area contributed by atoms with Crippen molar-refractivity contribution in [2.24, 2.45) is 0 Å². The summed E-state index contributed by atoms with van der Waals surface area (Å²) in [6, 6.07) is 21.4. The van der Waals surface area contributed by atoms with Crippen LogP contribution in [-0.4, -0.2) is 11.6 Å². The Labute approximate surface area is 146 Å². The number of pyridine rings is 1. The third kappa shape index (κ3) is 4.06. The van der Waals surface area contributed by atoms with Gasteiger partial charge < -0.3 is 9.47 Å². The van der Waals surface area contributed by atoms with Crippen molar-refractivity contribution in [1.82, 2.24) is 4.98 Å². The molecule has 4 heteroatoms. The highest BCUT2D eigenvalue weighted by molar-refractivity contribution is 6.29. The predicted molar refractivity (Wildman–Crippen MR) is 96.6 cm³/mol. The van der Waals surface area contributed by atoms with Crippen LogP contribution in [0.4, 0.5) is 0 Å². The third-order valence-corrected chi connectivity index (χ3v) is 3.69. The second-order valence-corrected chi connectivity index (χ2v) is 5.60. The Bertz CT molecular complexity index is 806. The van der Waals surface area contributed by atoms with Gasteiger partial charge in [-0.15, -0.1) is 0 Å². The average molecular weight is 340 g/mol. The number of ether oxygens (including phenoxy) is 2. The topological polar surface area (TPSA) is 31.4 Å². The number of benzene rings is 2. The highest BCUT2D eigenvalue weighted by Crippen LogP contribution is 2.32. The van der Waals surface area contributed by atoms with Crippen LogP contribution < -0.4 is 9.47 Å². The van der Waals surface area contributed by atoms with Crippen molar-refractivity contribution in [2.45, 2.75) is 13.5 Å². The lowest BCUT2D eigenvalue weighted by molar-refractivity contribution is 0.306. The number of halogens is 1. The fourth-order valence-corrected chi connectivity index (χ4v) is 2.53. The molecule has 122 valence electrons. The zero-order valence-corrected chi connectivity index (χ0v) is 14.2. The predicted octanol–water partition coefficient (Wildman–Crippen LogP) is 5.38. The van der Waals surface area contributed by atoms with Crippen molar-refractivity contribution < 1.29 is 9.47 Å². The lowest BCUT2D eigenvalue weighted by atomic mass is 10.1. The van der Waals surface area contributed by atoms with Gasteiger partial charge in [-0.05, 0) is 36.8 Å². The van der Waals surface area contributed by atoms with Crippen molar-refractivity contribution in [3.8, 4) is 22.8 Å². The van der Waals surface area contributed by atoms with E-state index < -0.39 is 0 Å². The first-order chi connectivity index (χ1) is 11.8. The van der Waals surface area contributed by atoms with Crippen molar-refractivity contribution in [3.63, 3.8) is 0 Å². The van der Waals surface area contributed by atoms with Gasteiger partial charge in [0.1, 0.15) is 29.0 Å². The average Bonchev–Trinajstić information content (AvgIpc) is 2.62. The monoisotopic (exact) mass is 339 g/mol. The summed E-state index contributed by atoms with van der Waals surface area (Å²) in [6.07, 6.45) is 0. The number of nitrogens with zero attached hydrogens (tertiary/aromatic N) is 1. The molecule has 0 unspecified atom stereocenters. The Morgan fingerprint density at radius 2 is 1.75 bits per heavy atom. The van der Waals surface area contributed by atoms with Gasteiger partial charge in [0.15, 0.2) is 0 Å². The van der Waals surface area contributed by atoms with E-state index in [0.29, 0.717) is 29.8 Å². The number of rotatable bonds is 6. The Morgan fingerprint density at radius 1 is 0.917 bits per heavy atom. The van der Waals surface area contributed by atoms with Gasteiger partial charge in [-0.3, -0.25) is 0 Å². The molecule has 0 aliphatic carbocycles. The highest BCUT2D eigenvalue weighted by Gasteiger charge is 2.11. The van der Waals surface area contributed by atoms with Crippen molar-refractivity contribution >= 4 is 11.6 Å². The molecule has 0 fully saturated rings. The lowest BCUT2D eigenvalue weighted by Crippen LogP contribution is -1.99. The summed E-state index contributed by atoms with van der Waals surface area (Å²) in [5.41, 5.74) is 2.72. The quantitative estimate of drug-likeness (QED) is 0.565. The van der Waals surface area contributed by atoms with Crippen LogP contribution in [0, 0.1) is 0 Å². The maximum Gasteiger partial charge on any atom is 0.146 e. The normalized spacial score (nSPS) is 10.4. The Morgan fingerprint density at radius 3 is 2.54 bits per heavy atom. The fraction of sp³-hybridized carbons (Fsp3) is 0.150. The molecule has 1 heterocycles. The number of hydrogen-bond donors (Lipinski definition) is 0. The van der Waals surface area contributed by atoms with Gasteiger partial charge in [-0.1, -0.05) is 54.1 Å². The Kier molecular flexibility index (Phi) is 5.34. The van der Waals surface area contributed by atoms with Gasteiger partial charge in [0.2, 0.25) is 0 Å². The van der Waals surface area contributed by atoms with Crippen molar-refractivity contribution in [1.29, 1.82) is 0 Å². The summed E-state index contributed by atoms with van der Waals surface area (Å²) in [4.78, 5) is 4.44. The Balaban J connectivity index is 1.89. The zero-order valence-electron chi connectivity index (χ0n) is 13.4. The van der Waals surface area contributed by atoms with Gasteiger partial charge in [-0.2, -0.15) is 0 Å². The molecule has 0 spiro atoms. The first-order valence-corrected chi connectivity index (χ1v) is 8.20. The maximum absolute atomic E-state index is 6.09. The van der Waals surface area contributed by atoms with E-state index in [-0.39, 0.29) is 0 Å². The molecule has 0 N–H and O–H groups in total. The summed E-state index contributed by atoms with van der Waals surface area (Å²) in [5.74, 6) is 1.49. The van der Waals surface area contributed by atoms with E-state index in [1.165, 1.54) is 0 Å². The third-order valence-electron chi connectivity index (χ3n) is 3.48. The van der Waals surface area contributed by atoms with Crippen LogP contribution in [-0.2, 0) is 6.61 Å². The van der Waals surface area contributed by atoms with E-state index in [4.69, 9.17) is 21.1 Å². The molecule has 0 radical (unpaired) electrons. The van der Waals surface area contributed by atoms with Gasteiger partial charge >= 0.3 is 0 Å². The van der Waals surface area contributed by atoms with Crippen LogP contribution in [0.2, 0.25) is 5.15 Å². The summed E-state index contributed by atoms with van der Waals surface area (Å²) in [6.45, 7) is 3.05. The van der Waals surface area contributed by atoms with Gasteiger partial charge in [0.25, 0.3) is 0 Å². The standard InChI is InChI=1S/C20H18ClNO2/c1-2-23-17-10-6-9-16(13-17)20-18(11-12-19(21)22-20)24-14-15-7-4-3-5-8-15/h3-13H,2,14H2,1H3. The second-order valence-electron chi connectivity index (χ2n) is 5.22. The van der Waals surface area contributed by atoms with Gasteiger partial charge in [0.05, 0.1) is 6.61 Å². The summed E-state index contributed by atoms with van der Waals surface area (Å²) in [5, 5.41) is 0.430. The smallest absolute Gasteiger partial charge is 0.146 e. The van der Waals surface area contributed by atoms with E-state index in [9.17, 15) is 0 Å². The maximum atomic E-state index is 6.09. The summed E-state index contributed by atoms with van der Waals surface area (Å²) >= 11 is 6.09. The summed E-state index contributed by atoms with van der Waals surface area (Å²) < 4.78 is 11.5. The van der Waals surface area contributed by atoms with Crippen LogP contribution >= 0.6 is 11.6 Å². The molecule has 24 heavy (non-hydrogen) atoms. The molecule has 0 bridgehead atoms. The second kappa shape index (κ2) is 7.84. The minimum Gasteiger partial charge on any atom is -0.494 e. The van der Waals surface area contributed by atoms with Gasteiger partial charge in [0, 0.05) is 5.56 Å². The lowest BCUT2D eigenvalue weighted by Gasteiger charge is -2.12. The SMILES string of the molecule is CCOc1cccc(-c2nc(Cl)ccc2OCc2ccccc2)c1. The summed E-state index contributed by atoms with van der Waals surface area (Å²) in [7, 11) is 0. The van der Waals surface area contributed by atoms with E-state index in [0.717, 1.165) is 16.9 Å². The fourth-order valence-electron chi connectivity index (χ4n) is 2.38. The molecule has 3 rings (SSSR count). The van der Waals surface area contributed by atoms with Gasteiger partial charge in [-0.25, -0.2) is 4.98 Å². The van der Waals surface area contributed by atoms with E-state index in [1.54, 1.807) is 6.07 Å². The van der Waals surface area contributed by atoms with Crippen LogP contribution in [0.15, 0.2) is 66.7 Å². The molecule has 3 aromatic rings. The van der Waals surface area contributed by atoms with E-state index >= 15 is 0 Å². The van der Waals surface area contributed by atoms with Crippen molar-refractivity contribution in [2.75, 3.05) is 6.61 Å². The first kappa shape index (κ1) is 16.3. The molecule has 0 aliphatic heterocycles. The number of hydrogen-bond acceptors (Lipinski definition) is 3. The minimum absolute atomic E-state index is 0.430. The van der Waals surface area contributed by atoms with E-state index in [2.05, 4.69) is 4.98 Å². The molecule has 0 amide bonds. The molecular formula is C20H18ClNO2. The van der Waals surface area contributed by atoms with Crippen LogP contribution in [0.25, 0.3) is 11.3 Å².